The monoisotopic (exact) mass is 491 g/mol. The van der Waals surface area contributed by atoms with E-state index in [0.29, 0.717) is 21.6 Å². The molecule has 2 N–H and O–H groups in total. The fourth-order valence-electron chi connectivity index (χ4n) is 3.38. The number of aromatic nitrogens is 3. The van der Waals surface area contributed by atoms with Crippen molar-refractivity contribution in [2.75, 3.05) is 0 Å². The van der Waals surface area contributed by atoms with Crippen LogP contribution in [0.2, 0.25) is 0 Å². The van der Waals surface area contributed by atoms with Crippen molar-refractivity contribution in [1.29, 1.82) is 0 Å². The summed E-state index contributed by atoms with van der Waals surface area (Å²) in [5, 5.41) is 5.44. The van der Waals surface area contributed by atoms with Gasteiger partial charge in [0.1, 0.15) is 10.8 Å². The van der Waals surface area contributed by atoms with E-state index < -0.39 is 11.8 Å². The molecule has 0 atom stereocenters. The van der Waals surface area contributed by atoms with Crippen molar-refractivity contribution in [3.63, 3.8) is 0 Å². The predicted molar refractivity (Wildman–Crippen MR) is 132 cm³/mol. The summed E-state index contributed by atoms with van der Waals surface area (Å²) in [5.74, 6) is -1.06. The Morgan fingerprint density at radius 2 is 1.66 bits per heavy atom. The molecule has 0 bridgehead atoms. The van der Waals surface area contributed by atoms with Crippen LogP contribution in [0.3, 0.4) is 0 Å². The number of fused-ring (bicyclic) bond motifs is 1. The second-order valence-electron chi connectivity index (χ2n) is 7.92. The zero-order chi connectivity index (χ0) is 24.9. The van der Waals surface area contributed by atoms with E-state index in [0.717, 1.165) is 5.56 Å². The van der Waals surface area contributed by atoms with Crippen molar-refractivity contribution < 1.29 is 14.0 Å². The van der Waals surface area contributed by atoms with Gasteiger partial charge >= 0.3 is 0 Å². The van der Waals surface area contributed by atoms with Crippen molar-refractivity contribution in [3.8, 4) is 0 Å². The van der Waals surface area contributed by atoms with Gasteiger partial charge in [-0.3, -0.25) is 25.2 Å². The number of carbonyl (C=O) groups excluding carboxylic acids is 2. The highest BCUT2D eigenvalue weighted by Crippen LogP contribution is 2.24. The fraction of sp³-hybridized carbons (Fsp3) is 0.160. The summed E-state index contributed by atoms with van der Waals surface area (Å²) in [7, 11) is 0. The molecule has 0 aliphatic carbocycles. The van der Waals surface area contributed by atoms with Crippen LogP contribution in [-0.4, -0.2) is 26.6 Å². The molecule has 0 fully saturated rings. The number of hydrazine groups is 1. The first-order valence-corrected chi connectivity index (χ1v) is 11.8. The number of thioether (sulfide) groups is 1. The highest BCUT2D eigenvalue weighted by Gasteiger charge is 2.19. The second kappa shape index (κ2) is 10.5. The lowest BCUT2D eigenvalue weighted by molar-refractivity contribution is 0.0841. The summed E-state index contributed by atoms with van der Waals surface area (Å²) in [5.41, 5.74) is 5.66. The molecule has 0 spiro atoms. The first kappa shape index (κ1) is 24.1. The van der Waals surface area contributed by atoms with Crippen molar-refractivity contribution in [2.45, 2.75) is 30.7 Å². The van der Waals surface area contributed by atoms with Gasteiger partial charge in [0.05, 0.1) is 17.0 Å². The standard InChI is InChI=1S/C25H22FN5O3S/c1-15(2)31-25(34)19-7-4-3-6-18(19)21(30-31)23(33)29-28-22(32)20-8-5-13-27-24(20)35-14-16-9-11-17(26)12-10-16/h3-13,15H,14H2,1-2H3,(H,28,32)(H,29,33). The summed E-state index contributed by atoms with van der Waals surface area (Å²) in [6, 6.07) is 15.7. The Morgan fingerprint density at radius 3 is 2.37 bits per heavy atom. The number of nitrogens with zero attached hydrogens (tertiary/aromatic N) is 3. The van der Waals surface area contributed by atoms with Gasteiger partial charge in [-0.05, 0) is 49.7 Å². The minimum atomic E-state index is -0.659. The molecule has 0 saturated carbocycles. The first-order chi connectivity index (χ1) is 16.8. The lowest BCUT2D eigenvalue weighted by Gasteiger charge is -2.14. The Hall–Kier alpha value is -4.05. The zero-order valence-electron chi connectivity index (χ0n) is 19.0. The van der Waals surface area contributed by atoms with Crippen LogP contribution in [0.15, 0.2) is 76.7 Å². The van der Waals surface area contributed by atoms with E-state index in [-0.39, 0.29) is 28.7 Å². The molecule has 0 aliphatic heterocycles. The molecule has 8 nitrogen and oxygen atoms in total. The molecule has 35 heavy (non-hydrogen) atoms. The molecule has 2 aromatic heterocycles. The van der Waals surface area contributed by atoms with Crippen LogP contribution >= 0.6 is 11.8 Å². The first-order valence-electron chi connectivity index (χ1n) is 10.8. The molecule has 0 saturated heterocycles. The van der Waals surface area contributed by atoms with Crippen molar-refractivity contribution >= 4 is 34.3 Å². The van der Waals surface area contributed by atoms with Gasteiger partial charge in [-0.25, -0.2) is 14.1 Å². The van der Waals surface area contributed by atoms with E-state index >= 15 is 0 Å². The van der Waals surface area contributed by atoms with Gasteiger partial charge in [0.2, 0.25) is 0 Å². The zero-order valence-corrected chi connectivity index (χ0v) is 19.8. The average molecular weight is 492 g/mol. The lowest BCUT2D eigenvalue weighted by atomic mass is 10.1. The number of nitrogens with one attached hydrogen (secondary N) is 2. The summed E-state index contributed by atoms with van der Waals surface area (Å²) in [6.45, 7) is 3.58. The SMILES string of the molecule is CC(C)n1nc(C(=O)NNC(=O)c2cccnc2SCc2ccc(F)cc2)c2ccccc2c1=O. The van der Waals surface area contributed by atoms with Crippen LogP contribution in [0.1, 0.15) is 46.3 Å². The van der Waals surface area contributed by atoms with Gasteiger partial charge in [-0.2, -0.15) is 5.10 Å². The van der Waals surface area contributed by atoms with E-state index in [1.807, 2.05) is 0 Å². The van der Waals surface area contributed by atoms with Crippen LogP contribution in [-0.2, 0) is 5.75 Å². The average Bonchev–Trinajstić information content (AvgIpc) is 2.87. The molecular formula is C25H22FN5O3S. The Bertz CT molecular complexity index is 1450. The largest absolute Gasteiger partial charge is 0.290 e. The number of benzene rings is 2. The third kappa shape index (κ3) is 5.38. The Kier molecular flexibility index (Phi) is 7.21. The van der Waals surface area contributed by atoms with Crippen LogP contribution in [0.4, 0.5) is 4.39 Å². The molecule has 0 aliphatic rings. The Balaban J connectivity index is 1.51. The fourth-order valence-corrected chi connectivity index (χ4v) is 4.32. The number of hydrogen-bond acceptors (Lipinski definition) is 6. The van der Waals surface area contributed by atoms with Gasteiger partial charge < -0.3 is 0 Å². The second-order valence-corrected chi connectivity index (χ2v) is 8.88. The molecule has 10 heteroatoms. The molecule has 2 aromatic carbocycles. The van der Waals surface area contributed by atoms with Crippen LogP contribution in [0.5, 0.6) is 0 Å². The molecule has 2 amide bonds. The molecule has 2 heterocycles. The van der Waals surface area contributed by atoms with Gasteiger partial charge in [0.25, 0.3) is 17.4 Å². The third-order valence-electron chi connectivity index (χ3n) is 5.13. The maximum absolute atomic E-state index is 13.1. The summed E-state index contributed by atoms with van der Waals surface area (Å²) in [6.07, 6.45) is 1.56. The normalized spacial score (nSPS) is 11.0. The van der Waals surface area contributed by atoms with Crippen molar-refractivity contribution in [2.24, 2.45) is 0 Å². The third-order valence-corrected chi connectivity index (χ3v) is 6.20. The molecule has 4 rings (SSSR count). The van der Waals surface area contributed by atoms with E-state index in [2.05, 4.69) is 20.9 Å². The lowest BCUT2D eigenvalue weighted by Crippen LogP contribution is -2.43. The topological polar surface area (TPSA) is 106 Å². The molecule has 0 unspecified atom stereocenters. The number of carbonyl (C=O) groups is 2. The number of halogens is 1. The Labute approximate surface area is 204 Å². The van der Waals surface area contributed by atoms with Crippen LogP contribution < -0.4 is 16.4 Å². The minimum absolute atomic E-state index is 0.0197. The minimum Gasteiger partial charge on any atom is -0.267 e. The highest BCUT2D eigenvalue weighted by molar-refractivity contribution is 7.98. The smallest absolute Gasteiger partial charge is 0.267 e. The van der Waals surface area contributed by atoms with E-state index in [1.165, 1.54) is 28.6 Å². The van der Waals surface area contributed by atoms with Gasteiger partial charge in [-0.1, -0.05) is 30.3 Å². The summed E-state index contributed by atoms with van der Waals surface area (Å²) < 4.78 is 14.4. The highest BCUT2D eigenvalue weighted by atomic mass is 32.2. The number of pyridine rings is 1. The van der Waals surface area contributed by atoms with E-state index in [9.17, 15) is 18.8 Å². The van der Waals surface area contributed by atoms with Gasteiger partial charge in [0, 0.05) is 17.3 Å². The van der Waals surface area contributed by atoms with Crippen LogP contribution in [0, 0.1) is 5.82 Å². The number of hydrogen-bond donors (Lipinski definition) is 2. The molecule has 178 valence electrons. The van der Waals surface area contributed by atoms with Crippen molar-refractivity contribution in [1.82, 2.24) is 25.6 Å². The van der Waals surface area contributed by atoms with Crippen LogP contribution in [0.25, 0.3) is 10.8 Å². The summed E-state index contributed by atoms with van der Waals surface area (Å²) >= 11 is 1.32. The molecule has 4 aromatic rings. The number of rotatable bonds is 6. The maximum atomic E-state index is 13.1. The van der Waals surface area contributed by atoms with Gasteiger partial charge in [-0.15, -0.1) is 11.8 Å². The molecular weight excluding hydrogens is 469 g/mol. The summed E-state index contributed by atoms with van der Waals surface area (Å²) in [4.78, 5) is 42.7. The number of amides is 2. The molecule has 0 radical (unpaired) electrons. The quantitative estimate of drug-likeness (QED) is 0.313. The van der Waals surface area contributed by atoms with Crippen molar-refractivity contribution in [3.05, 3.63) is 99.9 Å². The maximum Gasteiger partial charge on any atom is 0.290 e. The van der Waals surface area contributed by atoms with E-state index in [1.54, 1.807) is 68.6 Å². The Morgan fingerprint density at radius 1 is 0.971 bits per heavy atom. The predicted octanol–water partition coefficient (Wildman–Crippen LogP) is 3.88. The van der Waals surface area contributed by atoms with E-state index in [4.69, 9.17) is 0 Å². The van der Waals surface area contributed by atoms with Gasteiger partial charge in [0.15, 0.2) is 5.69 Å².